The van der Waals surface area contributed by atoms with Crippen molar-refractivity contribution >= 4 is 23.6 Å². The van der Waals surface area contributed by atoms with Gasteiger partial charge in [-0.15, -0.1) is 11.8 Å². The highest BCUT2D eigenvalue weighted by molar-refractivity contribution is 8.01. The molecule has 1 aromatic heterocycles. The van der Waals surface area contributed by atoms with E-state index in [0.29, 0.717) is 24.4 Å². The smallest absolute Gasteiger partial charge is 0.257 e. The van der Waals surface area contributed by atoms with E-state index in [1.807, 2.05) is 4.90 Å². The number of furan rings is 1. The van der Waals surface area contributed by atoms with E-state index in [1.165, 1.54) is 12.5 Å². The molecule has 122 valence electrons. The Morgan fingerprint density at radius 1 is 1.36 bits per heavy atom. The van der Waals surface area contributed by atoms with Crippen molar-refractivity contribution in [3.63, 3.8) is 0 Å². The molecule has 0 aromatic carbocycles. The summed E-state index contributed by atoms with van der Waals surface area (Å²) >= 11 is 1.65. The van der Waals surface area contributed by atoms with Gasteiger partial charge in [0.25, 0.3) is 5.91 Å². The van der Waals surface area contributed by atoms with Gasteiger partial charge in [0.15, 0.2) is 0 Å². The summed E-state index contributed by atoms with van der Waals surface area (Å²) in [6.07, 6.45) is 4.58. The van der Waals surface area contributed by atoms with Gasteiger partial charge < -0.3 is 14.6 Å². The molecular formula is C16H24N2O3S. The summed E-state index contributed by atoms with van der Waals surface area (Å²) in [5.74, 6) is 0.568. The molecule has 1 saturated heterocycles. The Bertz CT molecular complexity index is 500. The molecule has 6 heteroatoms. The first-order valence-corrected chi connectivity index (χ1v) is 8.58. The summed E-state index contributed by atoms with van der Waals surface area (Å²) in [6.45, 7) is 7.64. The lowest BCUT2D eigenvalue weighted by Gasteiger charge is -2.32. The molecule has 0 bridgehead atoms. The molecule has 0 aliphatic carbocycles. The largest absolute Gasteiger partial charge is 0.472 e. The SMILES string of the molecule is CC(C)(C)SCC(=O)NC1CCN(C(=O)c2ccoc2)CC1. The first-order valence-electron chi connectivity index (χ1n) is 7.60. The molecule has 2 heterocycles. The van der Waals surface area contributed by atoms with Crippen LogP contribution in [0.3, 0.4) is 0 Å². The van der Waals surface area contributed by atoms with E-state index in [4.69, 9.17) is 4.42 Å². The first kappa shape index (κ1) is 16.9. The monoisotopic (exact) mass is 324 g/mol. The number of hydrogen-bond acceptors (Lipinski definition) is 4. The van der Waals surface area contributed by atoms with Crippen LogP contribution in [0.25, 0.3) is 0 Å². The molecule has 0 atom stereocenters. The molecular weight excluding hydrogens is 300 g/mol. The molecule has 5 nitrogen and oxygen atoms in total. The van der Waals surface area contributed by atoms with Gasteiger partial charge in [0.2, 0.25) is 5.91 Å². The maximum atomic E-state index is 12.2. The fourth-order valence-electron chi connectivity index (χ4n) is 2.35. The lowest BCUT2D eigenvalue weighted by Crippen LogP contribution is -2.47. The highest BCUT2D eigenvalue weighted by atomic mass is 32.2. The molecule has 1 N–H and O–H groups in total. The fourth-order valence-corrected chi connectivity index (χ4v) is 2.99. The second-order valence-electron chi connectivity index (χ2n) is 6.55. The summed E-state index contributed by atoms with van der Waals surface area (Å²) < 4.78 is 5.04. The van der Waals surface area contributed by atoms with Crippen molar-refractivity contribution in [3.05, 3.63) is 24.2 Å². The molecule has 22 heavy (non-hydrogen) atoms. The standard InChI is InChI=1S/C16H24N2O3S/c1-16(2,3)22-11-14(19)17-13-4-7-18(8-5-13)15(20)12-6-9-21-10-12/h6,9-10,13H,4-5,7-8,11H2,1-3H3,(H,17,19). The van der Waals surface area contributed by atoms with Crippen LogP contribution >= 0.6 is 11.8 Å². The highest BCUT2D eigenvalue weighted by Gasteiger charge is 2.25. The number of piperidine rings is 1. The number of carbonyl (C=O) groups excluding carboxylic acids is 2. The van der Waals surface area contributed by atoms with Gasteiger partial charge in [-0.1, -0.05) is 20.8 Å². The van der Waals surface area contributed by atoms with E-state index in [0.717, 1.165) is 12.8 Å². The normalized spacial score (nSPS) is 16.6. The first-order chi connectivity index (χ1) is 10.3. The number of thioether (sulfide) groups is 1. The second-order valence-corrected chi connectivity index (χ2v) is 8.35. The number of nitrogens with one attached hydrogen (secondary N) is 1. The van der Waals surface area contributed by atoms with Crippen molar-refractivity contribution in [2.75, 3.05) is 18.8 Å². The van der Waals surface area contributed by atoms with E-state index >= 15 is 0 Å². The van der Waals surface area contributed by atoms with Gasteiger partial charge in [-0.25, -0.2) is 0 Å². The number of hydrogen-bond donors (Lipinski definition) is 1. The topological polar surface area (TPSA) is 62.6 Å². The molecule has 1 aromatic rings. The third-order valence-electron chi connectivity index (χ3n) is 3.55. The van der Waals surface area contributed by atoms with Gasteiger partial charge in [0.05, 0.1) is 17.6 Å². The Hall–Kier alpha value is -1.43. The summed E-state index contributed by atoms with van der Waals surface area (Å²) in [6, 6.07) is 1.85. The van der Waals surface area contributed by atoms with E-state index in [9.17, 15) is 9.59 Å². The second kappa shape index (κ2) is 7.22. The van der Waals surface area contributed by atoms with Crippen molar-refractivity contribution in [2.45, 2.75) is 44.4 Å². The molecule has 2 amide bonds. The van der Waals surface area contributed by atoms with Gasteiger partial charge >= 0.3 is 0 Å². The molecule has 0 unspecified atom stereocenters. The van der Waals surface area contributed by atoms with Crippen molar-refractivity contribution in [1.29, 1.82) is 0 Å². The molecule has 1 aliphatic rings. The maximum Gasteiger partial charge on any atom is 0.257 e. The summed E-state index contributed by atoms with van der Waals surface area (Å²) in [4.78, 5) is 25.9. The van der Waals surface area contributed by atoms with Gasteiger partial charge in [-0.05, 0) is 18.9 Å². The van der Waals surface area contributed by atoms with Gasteiger partial charge in [0, 0.05) is 23.9 Å². The van der Waals surface area contributed by atoms with E-state index < -0.39 is 0 Å². The minimum atomic E-state index is 0.00168. The Labute approximate surface area is 135 Å². The van der Waals surface area contributed by atoms with Gasteiger partial charge in [0.1, 0.15) is 6.26 Å². The lowest BCUT2D eigenvalue weighted by molar-refractivity contribution is -0.119. The average Bonchev–Trinajstić information content (AvgIpc) is 2.99. The van der Waals surface area contributed by atoms with Crippen LogP contribution in [0.4, 0.5) is 0 Å². The van der Waals surface area contributed by atoms with Gasteiger partial charge in [-0.3, -0.25) is 9.59 Å². The third-order valence-corrected chi connectivity index (χ3v) is 4.82. The van der Waals surface area contributed by atoms with Crippen LogP contribution in [0, 0.1) is 0 Å². The Balaban J connectivity index is 1.73. The predicted octanol–water partition coefficient (Wildman–Crippen LogP) is 2.53. The quantitative estimate of drug-likeness (QED) is 0.924. The zero-order valence-corrected chi connectivity index (χ0v) is 14.2. The van der Waals surface area contributed by atoms with Crippen LogP contribution in [0.2, 0.25) is 0 Å². The van der Waals surface area contributed by atoms with Crippen molar-refractivity contribution < 1.29 is 14.0 Å². The van der Waals surface area contributed by atoms with E-state index in [2.05, 4.69) is 26.1 Å². The van der Waals surface area contributed by atoms with E-state index in [1.54, 1.807) is 17.8 Å². The van der Waals surface area contributed by atoms with E-state index in [-0.39, 0.29) is 22.6 Å². The zero-order valence-electron chi connectivity index (χ0n) is 13.4. The lowest BCUT2D eigenvalue weighted by atomic mass is 10.0. The average molecular weight is 324 g/mol. The molecule has 0 saturated carbocycles. The summed E-state index contributed by atoms with van der Waals surface area (Å²) in [5, 5.41) is 3.07. The number of nitrogens with zero attached hydrogens (tertiary/aromatic N) is 1. The predicted molar refractivity (Wildman–Crippen MR) is 88.0 cm³/mol. The van der Waals surface area contributed by atoms with Crippen LogP contribution in [-0.2, 0) is 4.79 Å². The number of amides is 2. The van der Waals surface area contributed by atoms with Crippen molar-refractivity contribution in [2.24, 2.45) is 0 Å². The maximum absolute atomic E-state index is 12.2. The summed E-state index contributed by atoms with van der Waals surface area (Å²) in [7, 11) is 0. The Morgan fingerprint density at radius 3 is 2.59 bits per heavy atom. The van der Waals surface area contributed by atoms with Crippen molar-refractivity contribution in [3.8, 4) is 0 Å². The number of rotatable bonds is 4. The van der Waals surface area contributed by atoms with Gasteiger partial charge in [-0.2, -0.15) is 0 Å². The number of likely N-dealkylation sites (tertiary alicyclic amines) is 1. The fraction of sp³-hybridized carbons (Fsp3) is 0.625. The summed E-state index contributed by atoms with van der Waals surface area (Å²) in [5.41, 5.74) is 0.587. The molecule has 0 spiro atoms. The molecule has 1 fully saturated rings. The minimum absolute atomic E-state index is 0.00168. The van der Waals surface area contributed by atoms with Crippen molar-refractivity contribution in [1.82, 2.24) is 10.2 Å². The van der Waals surface area contributed by atoms with Crippen LogP contribution < -0.4 is 5.32 Å². The minimum Gasteiger partial charge on any atom is -0.472 e. The number of carbonyl (C=O) groups is 2. The van der Waals surface area contributed by atoms with Crippen LogP contribution in [0.15, 0.2) is 23.0 Å². The zero-order chi connectivity index (χ0) is 16.2. The van der Waals surface area contributed by atoms with Crippen LogP contribution in [0.1, 0.15) is 44.0 Å². The molecule has 2 rings (SSSR count). The Morgan fingerprint density at radius 2 is 2.05 bits per heavy atom. The van der Waals surface area contributed by atoms with Crippen LogP contribution in [0.5, 0.6) is 0 Å². The Kier molecular flexibility index (Phi) is 5.56. The van der Waals surface area contributed by atoms with Crippen LogP contribution in [-0.4, -0.2) is 46.3 Å². The highest BCUT2D eigenvalue weighted by Crippen LogP contribution is 2.22. The molecule has 1 aliphatic heterocycles. The molecule has 0 radical (unpaired) electrons. The third kappa shape index (κ3) is 5.09.